The van der Waals surface area contributed by atoms with Crippen LogP contribution in [0.3, 0.4) is 0 Å². The third-order valence-corrected chi connectivity index (χ3v) is 6.46. The van der Waals surface area contributed by atoms with Crippen LogP contribution in [0.25, 0.3) is 35.4 Å². The van der Waals surface area contributed by atoms with Crippen LogP contribution in [0.4, 0.5) is 0 Å². The molecule has 0 aliphatic carbocycles. The summed E-state index contributed by atoms with van der Waals surface area (Å²) in [7, 11) is 2.77. The first-order valence-corrected chi connectivity index (χ1v) is 13.9. The predicted octanol–water partition coefficient (Wildman–Crippen LogP) is 7.13. The largest absolute Gasteiger partial charge is 0.428 e. The van der Waals surface area contributed by atoms with Crippen LogP contribution >= 0.6 is 0 Å². The van der Waals surface area contributed by atoms with E-state index in [4.69, 9.17) is 15.0 Å². The number of aliphatic hydroxyl groups is 2. The highest BCUT2D eigenvalue weighted by Gasteiger charge is 2.35. The molecule has 0 saturated heterocycles. The van der Waals surface area contributed by atoms with Crippen molar-refractivity contribution in [1.82, 2.24) is 0 Å². The molecule has 0 bridgehead atoms. The van der Waals surface area contributed by atoms with Crippen LogP contribution in [0.15, 0.2) is 74.9 Å². The molecule has 5 nitrogen and oxygen atoms in total. The fourth-order valence-electron chi connectivity index (χ4n) is 4.45. The van der Waals surface area contributed by atoms with E-state index < -0.39 is 22.3 Å². The lowest BCUT2D eigenvalue weighted by atomic mass is 9.74. The topological polar surface area (TPSA) is 84.9 Å². The van der Waals surface area contributed by atoms with Crippen molar-refractivity contribution in [3.8, 4) is 11.1 Å². The number of nitrogens with two attached hydrogens (primary N) is 1. The summed E-state index contributed by atoms with van der Waals surface area (Å²) in [6.07, 6.45) is 14.6. The van der Waals surface area contributed by atoms with Crippen LogP contribution in [0.1, 0.15) is 81.8 Å². The summed E-state index contributed by atoms with van der Waals surface area (Å²) in [5.74, 6) is 0. The summed E-state index contributed by atoms with van der Waals surface area (Å²) in [5, 5.41) is 20.9. The molecule has 0 spiro atoms. The number of rotatable bonds is 15. The van der Waals surface area contributed by atoms with Crippen LogP contribution < -0.4 is 5.73 Å². The molecular weight excluding hydrogens is 520 g/mol. The number of hydrogen-bond donors (Lipinski definition) is 3. The van der Waals surface area contributed by atoms with Gasteiger partial charge in [0.25, 0.3) is 0 Å². The molecule has 0 aliphatic heterocycles. The highest BCUT2D eigenvalue weighted by Crippen LogP contribution is 2.45. The molecule has 0 aliphatic rings. The summed E-state index contributed by atoms with van der Waals surface area (Å²) in [6.45, 7) is 28.1. The van der Waals surface area contributed by atoms with E-state index in [2.05, 4.69) is 26.3 Å². The highest BCUT2D eigenvalue weighted by atomic mass is 16.5. The van der Waals surface area contributed by atoms with Gasteiger partial charge in [-0.05, 0) is 87.4 Å². The van der Waals surface area contributed by atoms with Crippen LogP contribution in [0.5, 0.6) is 0 Å². The van der Waals surface area contributed by atoms with Gasteiger partial charge in [-0.25, -0.2) is 0 Å². The molecule has 1 unspecified atom stereocenters. The maximum atomic E-state index is 10.4. The average molecular weight is 565 g/mol. The van der Waals surface area contributed by atoms with Crippen molar-refractivity contribution >= 4 is 39.3 Å². The van der Waals surface area contributed by atoms with Gasteiger partial charge in [0.05, 0.1) is 16.6 Å². The molecule has 4 N–H and O–H groups in total. The quantitative estimate of drug-likeness (QED) is 0.122. The monoisotopic (exact) mass is 565 g/mol. The van der Waals surface area contributed by atoms with Crippen LogP contribution in [0, 0.1) is 0 Å². The van der Waals surface area contributed by atoms with Crippen molar-refractivity contribution in [2.24, 2.45) is 5.73 Å². The number of allylic oxidation sites excluding steroid dienone is 4. The maximum Gasteiger partial charge on any atom is 0.330 e. The SMILES string of the molecule is C=C/C=C\c1c(C=C)ccc(C(C)(C)O[B]C(C)(C)O)c1-c1c(C(C)(N)O[B]C(C)(C)O)ccc(C=C)c1/C=C\C=C. The average Bonchev–Trinajstić information content (AvgIpc) is 2.91. The fourth-order valence-corrected chi connectivity index (χ4v) is 4.45. The molecule has 1 atom stereocenters. The van der Waals surface area contributed by atoms with E-state index >= 15 is 0 Å². The first-order chi connectivity index (χ1) is 19.4. The van der Waals surface area contributed by atoms with E-state index in [1.54, 1.807) is 58.9 Å². The first kappa shape index (κ1) is 35.0. The Morgan fingerprint density at radius 1 is 0.667 bits per heavy atom. The molecule has 0 aromatic heterocycles. The Balaban J connectivity index is 3.23. The van der Waals surface area contributed by atoms with E-state index in [9.17, 15) is 10.2 Å². The Morgan fingerprint density at radius 2 is 1.07 bits per heavy atom. The molecule has 0 fully saturated rings. The van der Waals surface area contributed by atoms with Crippen LogP contribution in [-0.2, 0) is 20.6 Å². The summed E-state index contributed by atoms with van der Waals surface area (Å²) in [6, 6.07) is 7.84. The molecular formula is C35H45B2NO4. The van der Waals surface area contributed by atoms with Gasteiger partial charge in [0, 0.05) is 5.56 Å². The summed E-state index contributed by atoms with van der Waals surface area (Å²) < 4.78 is 12.3. The third-order valence-electron chi connectivity index (χ3n) is 6.46. The summed E-state index contributed by atoms with van der Waals surface area (Å²) >= 11 is 0. The molecule has 2 rings (SSSR count). The molecule has 2 aromatic carbocycles. The van der Waals surface area contributed by atoms with Crippen molar-refractivity contribution in [3.63, 3.8) is 0 Å². The Labute approximate surface area is 254 Å². The van der Waals surface area contributed by atoms with Gasteiger partial charge in [0.15, 0.2) is 0 Å². The second-order valence-corrected chi connectivity index (χ2v) is 12.0. The van der Waals surface area contributed by atoms with Crippen molar-refractivity contribution in [3.05, 3.63) is 108 Å². The zero-order valence-electron chi connectivity index (χ0n) is 26.2. The summed E-state index contributed by atoms with van der Waals surface area (Å²) in [5.41, 5.74) is 8.80. The van der Waals surface area contributed by atoms with Crippen LogP contribution in [0.2, 0.25) is 0 Å². The van der Waals surface area contributed by atoms with Crippen molar-refractivity contribution in [1.29, 1.82) is 0 Å². The Morgan fingerprint density at radius 3 is 1.48 bits per heavy atom. The molecule has 0 amide bonds. The van der Waals surface area contributed by atoms with Gasteiger partial charge < -0.3 is 25.3 Å². The first-order valence-electron chi connectivity index (χ1n) is 13.9. The molecule has 42 heavy (non-hydrogen) atoms. The number of benzene rings is 2. The van der Waals surface area contributed by atoms with Crippen molar-refractivity contribution in [2.75, 3.05) is 0 Å². The highest BCUT2D eigenvalue weighted by molar-refractivity contribution is 6.31. The van der Waals surface area contributed by atoms with E-state index in [-0.39, 0.29) is 0 Å². The number of hydrogen-bond acceptors (Lipinski definition) is 5. The Bertz CT molecular complexity index is 1270. The lowest BCUT2D eigenvalue weighted by Gasteiger charge is -2.36. The predicted molar refractivity (Wildman–Crippen MR) is 181 cm³/mol. The lowest BCUT2D eigenvalue weighted by molar-refractivity contribution is 0.0641. The van der Waals surface area contributed by atoms with Crippen molar-refractivity contribution in [2.45, 2.75) is 70.8 Å². The summed E-state index contributed by atoms with van der Waals surface area (Å²) in [4.78, 5) is 0. The second-order valence-electron chi connectivity index (χ2n) is 12.0. The van der Waals surface area contributed by atoms with E-state index in [0.29, 0.717) is 5.56 Å². The van der Waals surface area contributed by atoms with Gasteiger partial charge in [-0.3, -0.25) is 0 Å². The molecule has 7 heteroatoms. The fraction of sp³-hybridized carbons (Fsp3) is 0.314. The molecule has 0 heterocycles. The van der Waals surface area contributed by atoms with Gasteiger partial charge >= 0.3 is 15.0 Å². The third kappa shape index (κ3) is 8.90. The van der Waals surface area contributed by atoms with E-state index in [1.807, 2.05) is 62.4 Å². The zero-order chi connectivity index (χ0) is 31.9. The minimum Gasteiger partial charge on any atom is -0.428 e. The normalized spacial score (nSPS) is 14.0. The smallest absolute Gasteiger partial charge is 0.330 e. The van der Waals surface area contributed by atoms with Crippen LogP contribution in [-0.4, -0.2) is 36.2 Å². The molecule has 2 radical (unpaired) electrons. The Kier molecular flexibility index (Phi) is 11.5. The van der Waals surface area contributed by atoms with Gasteiger partial charge in [-0.2, -0.15) is 0 Å². The molecule has 2 aromatic rings. The minimum atomic E-state index is -1.36. The zero-order valence-corrected chi connectivity index (χ0v) is 26.2. The van der Waals surface area contributed by atoms with E-state index in [0.717, 1.165) is 38.9 Å². The lowest BCUT2D eigenvalue weighted by Crippen LogP contribution is -2.43. The van der Waals surface area contributed by atoms with Gasteiger partial charge in [0.2, 0.25) is 0 Å². The molecule has 220 valence electrons. The van der Waals surface area contributed by atoms with E-state index in [1.165, 1.54) is 15.0 Å². The Hall–Kier alpha value is -3.19. The minimum absolute atomic E-state index is 0.662. The van der Waals surface area contributed by atoms with Gasteiger partial charge in [-0.15, -0.1) is 0 Å². The van der Waals surface area contributed by atoms with Gasteiger partial charge in [-0.1, -0.05) is 99.2 Å². The maximum absolute atomic E-state index is 10.4. The van der Waals surface area contributed by atoms with Crippen molar-refractivity contribution < 1.29 is 19.5 Å². The molecule has 0 saturated carbocycles. The second kappa shape index (κ2) is 13.9. The van der Waals surface area contributed by atoms with Gasteiger partial charge in [0.1, 0.15) is 5.72 Å². The standard InChI is InChI=1S/C35H45B2NO4/c1-12-16-18-26-24(14-3)20-22-28(32(5,6)41-36-33(7,8)39)30(26)31-27(19-17-13-2)25(15-4)21-23-29(31)35(11,38)42-37-34(9,10)40/h12-23,39-40H,1-4,38H2,5-11H3/b18-16-,19-17-.